The van der Waals surface area contributed by atoms with Gasteiger partial charge in [0, 0.05) is 18.2 Å². The zero-order chi connectivity index (χ0) is 18.7. The third-order valence-electron chi connectivity index (χ3n) is 3.86. The Morgan fingerprint density at radius 1 is 1.27 bits per heavy atom. The van der Waals surface area contributed by atoms with Crippen molar-refractivity contribution >= 4 is 28.9 Å². The molecular formula is C18H16ClFN2O4. The Hall–Kier alpha value is -2.80. The molecule has 1 aliphatic heterocycles. The number of nitrogens with one attached hydrogen (secondary N) is 1. The molecule has 6 nitrogen and oxygen atoms in total. The molecule has 1 atom stereocenters. The van der Waals surface area contributed by atoms with Gasteiger partial charge in [-0.25, -0.2) is 4.39 Å². The molecule has 1 amide bonds. The van der Waals surface area contributed by atoms with Crippen molar-refractivity contribution in [1.82, 2.24) is 0 Å². The molecule has 8 heteroatoms. The molecule has 1 aliphatic rings. The number of benzene rings is 2. The Labute approximate surface area is 154 Å². The maximum absolute atomic E-state index is 14.0. The lowest BCUT2D eigenvalue weighted by molar-refractivity contribution is -0.125. The highest BCUT2D eigenvalue weighted by Crippen LogP contribution is 2.30. The number of rotatable bonds is 5. The normalized spacial score (nSPS) is 15.8. The van der Waals surface area contributed by atoms with Crippen LogP contribution in [-0.4, -0.2) is 31.9 Å². The van der Waals surface area contributed by atoms with Gasteiger partial charge in [-0.15, -0.1) is 0 Å². The van der Waals surface area contributed by atoms with Gasteiger partial charge in [-0.3, -0.25) is 4.79 Å². The third-order valence-corrected chi connectivity index (χ3v) is 4.18. The van der Waals surface area contributed by atoms with Gasteiger partial charge >= 0.3 is 0 Å². The first-order chi connectivity index (χ1) is 12.5. The van der Waals surface area contributed by atoms with Gasteiger partial charge in [0.05, 0.1) is 30.5 Å². The smallest absolute Gasteiger partial charge is 0.268 e. The van der Waals surface area contributed by atoms with Crippen molar-refractivity contribution in [3.63, 3.8) is 0 Å². The van der Waals surface area contributed by atoms with Crippen LogP contribution in [0.3, 0.4) is 0 Å². The summed E-state index contributed by atoms with van der Waals surface area (Å²) in [6.07, 6.45) is -0.770. The predicted molar refractivity (Wildman–Crippen MR) is 95.6 cm³/mol. The summed E-state index contributed by atoms with van der Waals surface area (Å²) in [4.78, 5) is 17.6. The fourth-order valence-electron chi connectivity index (χ4n) is 2.58. The van der Waals surface area contributed by atoms with Crippen molar-refractivity contribution < 1.29 is 23.5 Å². The predicted octanol–water partition coefficient (Wildman–Crippen LogP) is 3.63. The first-order valence-corrected chi connectivity index (χ1v) is 8.11. The Kier molecular flexibility index (Phi) is 5.27. The number of carbonyl (C=O) groups is 1. The van der Waals surface area contributed by atoms with E-state index in [1.165, 1.54) is 26.4 Å². The average molecular weight is 379 g/mol. The number of hydrogen-bond donors (Lipinski definition) is 1. The SMILES string of the molecule is COc1ccc(NC(=O)[C@H]2CC(c3c(F)cccc3Cl)=NO2)cc1OC. The molecule has 2 aromatic carbocycles. The molecule has 0 saturated heterocycles. The zero-order valence-corrected chi connectivity index (χ0v) is 14.8. The molecule has 1 heterocycles. The van der Waals surface area contributed by atoms with Crippen LogP contribution >= 0.6 is 11.6 Å². The van der Waals surface area contributed by atoms with E-state index in [0.29, 0.717) is 22.9 Å². The van der Waals surface area contributed by atoms with Gasteiger partial charge in [0.25, 0.3) is 5.91 Å². The summed E-state index contributed by atoms with van der Waals surface area (Å²) in [5, 5.41) is 6.75. The van der Waals surface area contributed by atoms with Crippen molar-refractivity contribution in [3.8, 4) is 11.5 Å². The van der Waals surface area contributed by atoms with E-state index in [4.69, 9.17) is 25.9 Å². The van der Waals surface area contributed by atoms with Crippen LogP contribution in [0.5, 0.6) is 11.5 Å². The summed E-state index contributed by atoms with van der Waals surface area (Å²) in [6.45, 7) is 0. The second-order valence-corrected chi connectivity index (χ2v) is 5.90. The molecular weight excluding hydrogens is 363 g/mol. The molecule has 1 N–H and O–H groups in total. The van der Waals surface area contributed by atoms with Gasteiger partial charge in [0.15, 0.2) is 11.5 Å². The Bertz CT molecular complexity index is 852. The minimum Gasteiger partial charge on any atom is -0.493 e. The number of nitrogens with zero attached hydrogens (tertiary/aromatic N) is 1. The summed E-state index contributed by atoms with van der Waals surface area (Å²) in [5.41, 5.74) is 0.949. The lowest BCUT2D eigenvalue weighted by atomic mass is 10.0. The van der Waals surface area contributed by atoms with E-state index in [9.17, 15) is 9.18 Å². The molecule has 0 spiro atoms. The second kappa shape index (κ2) is 7.61. The minimum absolute atomic E-state index is 0.111. The van der Waals surface area contributed by atoms with Crippen LogP contribution < -0.4 is 14.8 Å². The lowest BCUT2D eigenvalue weighted by Gasteiger charge is -2.12. The maximum Gasteiger partial charge on any atom is 0.268 e. The Morgan fingerprint density at radius 2 is 2.04 bits per heavy atom. The van der Waals surface area contributed by atoms with Gasteiger partial charge in [-0.2, -0.15) is 0 Å². The van der Waals surface area contributed by atoms with Crippen molar-refractivity contribution in [3.05, 3.63) is 52.8 Å². The molecule has 26 heavy (non-hydrogen) atoms. The molecule has 0 bridgehead atoms. The van der Waals surface area contributed by atoms with Gasteiger partial charge in [0.2, 0.25) is 6.10 Å². The number of hydrogen-bond acceptors (Lipinski definition) is 5. The third kappa shape index (κ3) is 3.57. The van der Waals surface area contributed by atoms with Crippen molar-refractivity contribution in [2.45, 2.75) is 12.5 Å². The lowest BCUT2D eigenvalue weighted by Crippen LogP contribution is -2.28. The van der Waals surface area contributed by atoms with E-state index in [-0.39, 0.29) is 17.0 Å². The summed E-state index contributed by atoms with van der Waals surface area (Å²) in [7, 11) is 3.02. The number of oxime groups is 1. The quantitative estimate of drug-likeness (QED) is 0.862. The number of ether oxygens (including phenoxy) is 2. The first-order valence-electron chi connectivity index (χ1n) is 7.73. The van der Waals surface area contributed by atoms with E-state index in [2.05, 4.69) is 10.5 Å². The molecule has 0 unspecified atom stereocenters. The van der Waals surface area contributed by atoms with Crippen LogP contribution in [0.2, 0.25) is 5.02 Å². The number of carbonyl (C=O) groups excluding carboxylic acids is 1. The van der Waals surface area contributed by atoms with E-state index >= 15 is 0 Å². The molecule has 0 aromatic heterocycles. The topological polar surface area (TPSA) is 69.2 Å². The zero-order valence-electron chi connectivity index (χ0n) is 14.1. The largest absolute Gasteiger partial charge is 0.493 e. The summed E-state index contributed by atoms with van der Waals surface area (Å²) >= 11 is 6.03. The molecule has 0 saturated carbocycles. The van der Waals surface area contributed by atoms with E-state index < -0.39 is 17.8 Å². The maximum atomic E-state index is 14.0. The average Bonchev–Trinajstić information content (AvgIpc) is 3.11. The summed E-state index contributed by atoms with van der Waals surface area (Å²) in [5.74, 6) is 0.0966. The highest BCUT2D eigenvalue weighted by Gasteiger charge is 2.31. The molecule has 0 fully saturated rings. The summed E-state index contributed by atoms with van der Waals surface area (Å²) in [6, 6.07) is 9.30. The minimum atomic E-state index is -0.881. The van der Waals surface area contributed by atoms with Crippen LogP contribution in [0.4, 0.5) is 10.1 Å². The first kappa shape index (κ1) is 18.0. The Balaban J connectivity index is 1.70. The standard InChI is InChI=1S/C18H16ClFN2O4/c1-24-14-7-6-10(8-15(14)25-2)21-18(23)16-9-13(22-26-16)17-11(19)4-3-5-12(17)20/h3-8,16H,9H2,1-2H3,(H,21,23)/t16-/m1/s1. The number of amides is 1. The van der Waals surface area contributed by atoms with Crippen LogP contribution in [0.15, 0.2) is 41.6 Å². The monoisotopic (exact) mass is 378 g/mol. The van der Waals surface area contributed by atoms with Gasteiger partial charge in [-0.05, 0) is 24.3 Å². The van der Waals surface area contributed by atoms with Crippen LogP contribution in [0.1, 0.15) is 12.0 Å². The van der Waals surface area contributed by atoms with Crippen LogP contribution in [0.25, 0.3) is 0 Å². The molecule has 3 rings (SSSR count). The van der Waals surface area contributed by atoms with Crippen molar-refractivity contribution in [2.75, 3.05) is 19.5 Å². The highest BCUT2D eigenvalue weighted by atomic mass is 35.5. The molecule has 0 aliphatic carbocycles. The van der Waals surface area contributed by atoms with Gasteiger partial charge in [-0.1, -0.05) is 22.8 Å². The number of methoxy groups -OCH3 is 2. The molecule has 2 aromatic rings. The van der Waals surface area contributed by atoms with Crippen LogP contribution in [0, 0.1) is 5.82 Å². The van der Waals surface area contributed by atoms with E-state index in [1.807, 2.05) is 0 Å². The fraction of sp³-hybridized carbons (Fsp3) is 0.222. The van der Waals surface area contributed by atoms with Crippen molar-refractivity contribution in [2.24, 2.45) is 5.16 Å². The Morgan fingerprint density at radius 3 is 2.73 bits per heavy atom. The van der Waals surface area contributed by atoms with Crippen LogP contribution in [-0.2, 0) is 9.63 Å². The fourth-order valence-corrected chi connectivity index (χ4v) is 2.85. The number of halogens is 2. The number of anilines is 1. The van der Waals surface area contributed by atoms with E-state index in [0.717, 1.165) is 0 Å². The summed E-state index contributed by atoms with van der Waals surface area (Å²) < 4.78 is 24.3. The highest BCUT2D eigenvalue weighted by molar-refractivity contribution is 6.34. The van der Waals surface area contributed by atoms with E-state index in [1.54, 1.807) is 24.3 Å². The van der Waals surface area contributed by atoms with Crippen molar-refractivity contribution in [1.29, 1.82) is 0 Å². The van der Waals surface area contributed by atoms with Gasteiger partial charge < -0.3 is 19.6 Å². The second-order valence-electron chi connectivity index (χ2n) is 5.49. The molecule has 0 radical (unpaired) electrons. The molecule has 136 valence electrons. The van der Waals surface area contributed by atoms with Gasteiger partial charge in [0.1, 0.15) is 5.82 Å².